The standard InChI is InChI=1S/C2H8N2.CH4/c1-2-4-3;/h4H,2-3H2,1H3;1H4. The van der Waals surface area contributed by atoms with Gasteiger partial charge in [0.2, 0.25) is 0 Å². The molecule has 0 aromatic heterocycles. The molecule has 0 aliphatic carbocycles. The van der Waals surface area contributed by atoms with Gasteiger partial charge in [0.15, 0.2) is 0 Å². The Morgan fingerprint density at radius 3 is 2.00 bits per heavy atom. The van der Waals surface area contributed by atoms with E-state index in [1.807, 2.05) is 6.92 Å². The zero-order chi connectivity index (χ0) is 3.41. The summed E-state index contributed by atoms with van der Waals surface area (Å²) in [5.41, 5.74) is 2.43. The Bertz CT molecular complexity index is 6.85. The first-order chi connectivity index (χ1) is 1.91. The van der Waals surface area contributed by atoms with Gasteiger partial charge in [-0.2, -0.15) is 0 Å². The second-order valence-electron chi connectivity index (χ2n) is 0.558. The average Bonchev–Trinajstić information content (AvgIpc) is 1.37. The third kappa shape index (κ3) is 17.1. The van der Waals surface area contributed by atoms with Gasteiger partial charge in [-0.05, 0) is 0 Å². The van der Waals surface area contributed by atoms with Crippen LogP contribution in [0.5, 0.6) is 0 Å². The molecule has 0 rings (SSSR count). The number of nitrogens with two attached hydrogens (primary N) is 1. The van der Waals surface area contributed by atoms with E-state index < -0.39 is 0 Å². The normalized spacial score (nSPS) is 6.00. The van der Waals surface area contributed by atoms with Crippen molar-refractivity contribution >= 4 is 0 Å². The van der Waals surface area contributed by atoms with E-state index in [4.69, 9.17) is 5.84 Å². The number of hydrazine groups is 1. The van der Waals surface area contributed by atoms with Crippen molar-refractivity contribution in [2.24, 2.45) is 5.84 Å². The van der Waals surface area contributed by atoms with E-state index in [1.165, 1.54) is 0 Å². The Labute approximate surface area is 33.3 Å². The molecule has 0 unspecified atom stereocenters. The van der Waals surface area contributed by atoms with Crippen molar-refractivity contribution < 1.29 is 0 Å². The number of hydrogen-bond acceptors (Lipinski definition) is 2. The maximum Gasteiger partial charge on any atom is 0.00689 e. The molecule has 0 spiro atoms. The molecule has 0 saturated carbocycles. The summed E-state index contributed by atoms with van der Waals surface area (Å²) in [6, 6.07) is 0. The van der Waals surface area contributed by atoms with Gasteiger partial charge in [0.05, 0.1) is 0 Å². The van der Waals surface area contributed by atoms with Crippen LogP contribution < -0.4 is 11.3 Å². The predicted molar refractivity (Wildman–Crippen MR) is 24.6 cm³/mol. The van der Waals surface area contributed by atoms with Gasteiger partial charge in [-0.25, -0.2) is 0 Å². The summed E-state index contributed by atoms with van der Waals surface area (Å²) in [7, 11) is 0. The lowest BCUT2D eigenvalue weighted by molar-refractivity contribution is 0.781. The molecule has 0 fully saturated rings. The second kappa shape index (κ2) is 9.07. The highest BCUT2D eigenvalue weighted by molar-refractivity contribution is 4.10. The summed E-state index contributed by atoms with van der Waals surface area (Å²) in [5, 5.41) is 0. The monoisotopic (exact) mass is 76.1 g/mol. The van der Waals surface area contributed by atoms with E-state index >= 15 is 0 Å². The molecular weight excluding hydrogens is 64.0 g/mol. The summed E-state index contributed by atoms with van der Waals surface area (Å²) >= 11 is 0. The molecule has 0 aliphatic rings. The molecule has 0 bridgehead atoms. The van der Waals surface area contributed by atoms with Gasteiger partial charge < -0.3 is 0 Å². The summed E-state index contributed by atoms with van der Waals surface area (Å²) in [5.74, 6) is 4.78. The fraction of sp³-hybridized carbons (Fsp3) is 1.00. The van der Waals surface area contributed by atoms with Crippen LogP contribution in [0.3, 0.4) is 0 Å². The van der Waals surface area contributed by atoms with E-state index in [0.29, 0.717) is 0 Å². The van der Waals surface area contributed by atoms with Crippen molar-refractivity contribution in [1.29, 1.82) is 0 Å². The van der Waals surface area contributed by atoms with Crippen LogP contribution in [0.1, 0.15) is 14.4 Å². The maximum absolute atomic E-state index is 4.78. The molecular formula is C3H12N2. The lowest BCUT2D eigenvalue weighted by atomic mass is 10.8. The molecule has 0 aromatic carbocycles. The van der Waals surface area contributed by atoms with Crippen LogP contribution in [0.4, 0.5) is 0 Å². The van der Waals surface area contributed by atoms with Crippen molar-refractivity contribution in [2.75, 3.05) is 6.54 Å². The lowest BCUT2D eigenvalue weighted by Crippen LogP contribution is -2.20. The fourth-order valence-corrected chi connectivity index (χ4v) is 0. The van der Waals surface area contributed by atoms with Crippen LogP contribution in [-0.4, -0.2) is 6.54 Å². The number of hydrogen-bond donors (Lipinski definition) is 2. The minimum Gasteiger partial charge on any atom is -0.271 e. The van der Waals surface area contributed by atoms with E-state index in [0.717, 1.165) is 6.54 Å². The van der Waals surface area contributed by atoms with Gasteiger partial charge in [-0.3, -0.25) is 11.3 Å². The van der Waals surface area contributed by atoms with Gasteiger partial charge in [0.25, 0.3) is 0 Å². The van der Waals surface area contributed by atoms with Gasteiger partial charge in [0.1, 0.15) is 0 Å². The summed E-state index contributed by atoms with van der Waals surface area (Å²) in [6.07, 6.45) is 0. The van der Waals surface area contributed by atoms with Gasteiger partial charge in [0, 0.05) is 6.54 Å². The molecule has 0 amide bonds. The van der Waals surface area contributed by atoms with Gasteiger partial charge in [-0.1, -0.05) is 14.4 Å². The SMILES string of the molecule is C.CCNN. The minimum absolute atomic E-state index is 0. The topological polar surface area (TPSA) is 38.0 Å². The largest absolute Gasteiger partial charge is 0.271 e. The van der Waals surface area contributed by atoms with E-state index in [2.05, 4.69) is 5.43 Å². The average molecular weight is 76.1 g/mol. The van der Waals surface area contributed by atoms with Crippen LogP contribution >= 0.6 is 0 Å². The minimum atomic E-state index is 0. The zero-order valence-corrected chi connectivity index (χ0v) is 2.78. The lowest BCUT2D eigenvalue weighted by Gasteiger charge is -1.77. The van der Waals surface area contributed by atoms with Gasteiger partial charge >= 0.3 is 0 Å². The van der Waals surface area contributed by atoms with Crippen molar-refractivity contribution in [3.8, 4) is 0 Å². The Morgan fingerprint density at radius 1 is 1.80 bits per heavy atom. The molecule has 2 nitrogen and oxygen atoms in total. The molecule has 0 aromatic rings. The first kappa shape index (κ1) is 8.87. The highest BCUT2D eigenvalue weighted by atomic mass is 15.2. The molecule has 3 N–H and O–H groups in total. The first-order valence-electron chi connectivity index (χ1n) is 1.35. The highest BCUT2D eigenvalue weighted by Crippen LogP contribution is 1.30. The molecule has 2 heteroatoms. The van der Waals surface area contributed by atoms with Crippen molar-refractivity contribution in [1.82, 2.24) is 5.43 Å². The van der Waals surface area contributed by atoms with Gasteiger partial charge in [-0.15, -0.1) is 0 Å². The van der Waals surface area contributed by atoms with Crippen LogP contribution in [0.25, 0.3) is 0 Å². The predicted octanol–water partition coefficient (Wildman–Crippen LogP) is 0.106. The highest BCUT2D eigenvalue weighted by Gasteiger charge is 1.50. The maximum atomic E-state index is 4.78. The quantitative estimate of drug-likeness (QED) is 0.343. The Balaban J connectivity index is 0. The van der Waals surface area contributed by atoms with Crippen molar-refractivity contribution in [3.05, 3.63) is 0 Å². The third-order valence-electron chi connectivity index (χ3n) is 0.204. The first-order valence-corrected chi connectivity index (χ1v) is 1.35. The van der Waals surface area contributed by atoms with Crippen LogP contribution in [0.15, 0.2) is 0 Å². The molecule has 0 saturated heterocycles. The molecule has 0 radical (unpaired) electrons. The summed E-state index contributed by atoms with van der Waals surface area (Å²) < 4.78 is 0. The molecule has 5 heavy (non-hydrogen) atoms. The van der Waals surface area contributed by atoms with Crippen molar-refractivity contribution in [2.45, 2.75) is 14.4 Å². The van der Waals surface area contributed by atoms with E-state index in [-0.39, 0.29) is 7.43 Å². The zero-order valence-electron chi connectivity index (χ0n) is 2.78. The van der Waals surface area contributed by atoms with E-state index in [1.54, 1.807) is 0 Å². The third-order valence-corrected chi connectivity index (χ3v) is 0.204. The molecule has 0 atom stereocenters. The van der Waals surface area contributed by atoms with Crippen molar-refractivity contribution in [3.63, 3.8) is 0 Å². The fourth-order valence-electron chi connectivity index (χ4n) is 0. The Morgan fingerprint density at radius 2 is 2.00 bits per heavy atom. The summed E-state index contributed by atoms with van der Waals surface area (Å²) in [4.78, 5) is 0. The molecule has 34 valence electrons. The van der Waals surface area contributed by atoms with E-state index in [9.17, 15) is 0 Å². The van der Waals surface area contributed by atoms with Crippen LogP contribution in [0.2, 0.25) is 0 Å². The molecule has 0 heterocycles. The Kier molecular flexibility index (Phi) is 16.1. The Hall–Kier alpha value is -0.0800. The second-order valence-corrected chi connectivity index (χ2v) is 0.558. The summed E-state index contributed by atoms with van der Waals surface area (Å²) in [6.45, 7) is 2.79. The smallest absolute Gasteiger partial charge is 0.00689 e. The van der Waals surface area contributed by atoms with Crippen LogP contribution in [0, 0.1) is 0 Å². The molecule has 0 aliphatic heterocycles. The van der Waals surface area contributed by atoms with Crippen LogP contribution in [-0.2, 0) is 0 Å². The number of rotatable bonds is 1. The number of nitrogens with one attached hydrogen (secondary N) is 1.